The highest BCUT2D eigenvalue weighted by molar-refractivity contribution is 6.09. The quantitative estimate of drug-likeness (QED) is 0.537. The molecule has 166 valence electrons. The van der Waals surface area contributed by atoms with Crippen LogP contribution in [0, 0.1) is 0 Å². The van der Waals surface area contributed by atoms with Gasteiger partial charge in [0.25, 0.3) is 5.91 Å². The fraction of sp³-hybridized carbons (Fsp3) is 0.308. The lowest BCUT2D eigenvalue weighted by Gasteiger charge is -2.27. The zero-order valence-corrected chi connectivity index (χ0v) is 18.5. The van der Waals surface area contributed by atoms with Gasteiger partial charge in [0.1, 0.15) is 0 Å². The number of benzene rings is 2. The molecule has 32 heavy (non-hydrogen) atoms. The maximum Gasteiger partial charge on any atom is 0.290 e. The predicted octanol–water partition coefficient (Wildman–Crippen LogP) is 4.02. The van der Waals surface area contributed by atoms with Crippen LogP contribution in [-0.2, 0) is 16.0 Å². The number of amides is 1. The zero-order chi connectivity index (χ0) is 22.7. The van der Waals surface area contributed by atoms with Crippen LogP contribution < -0.4 is 0 Å². The van der Waals surface area contributed by atoms with Crippen molar-refractivity contribution in [1.29, 1.82) is 0 Å². The van der Waals surface area contributed by atoms with E-state index in [4.69, 9.17) is 0 Å². The van der Waals surface area contributed by atoms with Gasteiger partial charge in [-0.1, -0.05) is 48.5 Å². The molecule has 0 spiro atoms. The van der Waals surface area contributed by atoms with E-state index in [-0.39, 0.29) is 17.8 Å². The number of ketones is 1. The molecule has 4 rings (SSSR count). The minimum atomic E-state index is -0.593. The Morgan fingerprint density at radius 3 is 2.56 bits per heavy atom. The van der Waals surface area contributed by atoms with Crippen LogP contribution in [0.3, 0.4) is 0 Å². The smallest absolute Gasteiger partial charge is 0.290 e. The van der Waals surface area contributed by atoms with Crippen LogP contribution in [0.15, 0.2) is 72.1 Å². The summed E-state index contributed by atoms with van der Waals surface area (Å²) >= 11 is 0. The van der Waals surface area contributed by atoms with Crippen molar-refractivity contribution in [2.24, 2.45) is 0 Å². The highest BCUT2D eigenvalue weighted by atomic mass is 16.3. The lowest BCUT2D eigenvalue weighted by atomic mass is 9.93. The summed E-state index contributed by atoms with van der Waals surface area (Å²) in [6.45, 7) is 1.27. The molecule has 0 saturated carbocycles. The first-order valence-electron chi connectivity index (χ1n) is 11.0. The number of Topliss-reactive ketones (excluding diaryl/α,β-unsaturated/α-hetero) is 1. The average molecular weight is 432 g/mol. The molecule has 1 aliphatic rings. The van der Waals surface area contributed by atoms with Crippen molar-refractivity contribution in [1.82, 2.24) is 14.8 Å². The third-order valence-electron chi connectivity index (χ3n) is 6.01. The fourth-order valence-corrected chi connectivity index (χ4v) is 4.41. The van der Waals surface area contributed by atoms with Crippen LogP contribution in [-0.4, -0.2) is 58.8 Å². The molecule has 1 atom stereocenters. The van der Waals surface area contributed by atoms with Crippen LogP contribution in [0.1, 0.15) is 30.0 Å². The minimum Gasteiger partial charge on any atom is -0.503 e. The summed E-state index contributed by atoms with van der Waals surface area (Å²) in [6, 6.07) is 17.0. The number of nitrogens with zero attached hydrogens (tertiary/aromatic N) is 2. The number of aliphatic hydroxyl groups excluding tert-OH is 1. The first kappa shape index (κ1) is 21.8. The molecular formula is C26H29N3O3. The van der Waals surface area contributed by atoms with Crippen LogP contribution >= 0.6 is 0 Å². The highest BCUT2D eigenvalue weighted by Gasteiger charge is 2.43. The Morgan fingerprint density at radius 2 is 1.81 bits per heavy atom. The third kappa shape index (κ3) is 4.32. The van der Waals surface area contributed by atoms with Crippen molar-refractivity contribution < 1.29 is 14.7 Å². The summed E-state index contributed by atoms with van der Waals surface area (Å²) in [5, 5.41) is 11.7. The number of para-hydroxylation sites is 1. The van der Waals surface area contributed by atoms with Crippen molar-refractivity contribution in [3.63, 3.8) is 0 Å². The first-order valence-corrected chi connectivity index (χ1v) is 11.0. The second kappa shape index (κ2) is 9.40. The highest BCUT2D eigenvalue weighted by Crippen LogP contribution is 2.41. The molecule has 0 aliphatic carbocycles. The summed E-state index contributed by atoms with van der Waals surface area (Å²) in [5.41, 5.74) is 3.04. The number of nitrogens with one attached hydrogen (secondary N) is 1. The van der Waals surface area contributed by atoms with Crippen molar-refractivity contribution >= 4 is 22.6 Å². The van der Waals surface area contributed by atoms with Gasteiger partial charge >= 0.3 is 0 Å². The first-order chi connectivity index (χ1) is 15.5. The number of aliphatic hydroxyl groups is 1. The fourth-order valence-electron chi connectivity index (χ4n) is 4.41. The molecule has 1 amide bonds. The van der Waals surface area contributed by atoms with Crippen LogP contribution in [0.25, 0.3) is 10.9 Å². The van der Waals surface area contributed by atoms with Crippen molar-refractivity contribution in [3.05, 3.63) is 83.3 Å². The Balaban J connectivity index is 1.67. The Morgan fingerprint density at radius 1 is 1.09 bits per heavy atom. The summed E-state index contributed by atoms with van der Waals surface area (Å²) in [5.74, 6) is -1.07. The maximum atomic E-state index is 13.3. The standard InChI is InChI=1S/C26H29N3O3/c1-28(2)15-8-16-29-24(20-17-27-21-12-7-6-11-19(20)21)23(25(31)26(29)32)22(30)14-13-18-9-4-3-5-10-18/h3-7,9-12,17,24,27,31H,8,13-16H2,1-2H3. The molecule has 1 unspecified atom stereocenters. The summed E-state index contributed by atoms with van der Waals surface area (Å²) in [7, 11) is 3.97. The number of aryl methyl sites for hydroxylation is 1. The van der Waals surface area contributed by atoms with Gasteiger partial charge in [-0.25, -0.2) is 0 Å². The molecule has 2 N–H and O–H groups in total. The molecule has 1 aliphatic heterocycles. The number of aromatic amines is 1. The zero-order valence-electron chi connectivity index (χ0n) is 18.5. The molecule has 2 aromatic carbocycles. The number of H-pyrrole nitrogens is 1. The molecule has 6 heteroatoms. The van der Waals surface area contributed by atoms with Gasteiger partial charge in [-0.05, 0) is 45.1 Å². The van der Waals surface area contributed by atoms with Crippen LogP contribution in [0.2, 0.25) is 0 Å². The normalized spacial score (nSPS) is 16.5. The van der Waals surface area contributed by atoms with E-state index in [0.717, 1.165) is 35.0 Å². The molecule has 0 saturated heterocycles. The minimum absolute atomic E-state index is 0.190. The summed E-state index contributed by atoms with van der Waals surface area (Å²) in [4.78, 5) is 33.3. The second-order valence-electron chi connectivity index (χ2n) is 8.52. The van der Waals surface area contributed by atoms with E-state index in [9.17, 15) is 14.7 Å². The Bertz CT molecular complexity index is 1150. The van der Waals surface area contributed by atoms with Gasteiger partial charge in [0.15, 0.2) is 11.5 Å². The van der Waals surface area contributed by atoms with Crippen LogP contribution in [0.5, 0.6) is 0 Å². The van der Waals surface area contributed by atoms with Crippen molar-refractivity contribution in [2.45, 2.75) is 25.3 Å². The van der Waals surface area contributed by atoms with E-state index < -0.39 is 17.7 Å². The number of hydrogen-bond donors (Lipinski definition) is 2. The summed E-state index contributed by atoms with van der Waals surface area (Å²) in [6.07, 6.45) is 3.40. The van der Waals surface area contributed by atoms with Gasteiger partial charge in [-0.2, -0.15) is 0 Å². The van der Waals surface area contributed by atoms with E-state index in [1.54, 1.807) is 4.90 Å². The number of aromatic nitrogens is 1. The van der Waals surface area contributed by atoms with E-state index in [1.807, 2.05) is 74.9 Å². The monoisotopic (exact) mass is 431 g/mol. The lowest BCUT2D eigenvalue weighted by Crippen LogP contribution is -2.33. The molecule has 3 aromatic rings. The number of carbonyl (C=O) groups is 2. The number of fused-ring (bicyclic) bond motifs is 1. The van der Waals surface area contributed by atoms with Gasteiger partial charge in [-0.15, -0.1) is 0 Å². The predicted molar refractivity (Wildman–Crippen MR) is 125 cm³/mol. The topological polar surface area (TPSA) is 76.6 Å². The number of rotatable bonds is 9. The van der Waals surface area contributed by atoms with Gasteiger partial charge in [0.05, 0.1) is 11.6 Å². The second-order valence-corrected chi connectivity index (χ2v) is 8.52. The van der Waals surface area contributed by atoms with E-state index in [2.05, 4.69) is 9.88 Å². The number of hydrogen-bond acceptors (Lipinski definition) is 4. The summed E-state index contributed by atoms with van der Waals surface area (Å²) < 4.78 is 0. The third-order valence-corrected chi connectivity index (χ3v) is 6.01. The van der Waals surface area contributed by atoms with E-state index in [0.29, 0.717) is 13.0 Å². The SMILES string of the molecule is CN(C)CCCN1C(=O)C(O)=C(C(=O)CCc2ccccc2)C1c1c[nH]c2ccccc12. The van der Waals surface area contributed by atoms with E-state index in [1.165, 1.54) is 0 Å². The molecular weight excluding hydrogens is 402 g/mol. The van der Waals surface area contributed by atoms with Crippen molar-refractivity contribution in [2.75, 3.05) is 27.2 Å². The Hall–Kier alpha value is -3.38. The molecule has 0 bridgehead atoms. The average Bonchev–Trinajstić information content (AvgIpc) is 3.32. The lowest BCUT2D eigenvalue weighted by molar-refractivity contribution is -0.129. The van der Waals surface area contributed by atoms with Gasteiger partial charge in [0.2, 0.25) is 0 Å². The van der Waals surface area contributed by atoms with Gasteiger partial charge < -0.3 is 19.9 Å². The molecule has 1 aromatic heterocycles. The van der Waals surface area contributed by atoms with Crippen molar-refractivity contribution in [3.8, 4) is 0 Å². The van der Waals surface area contributed by atoms with E-state index >= 15 is 0 Å². The largest absolute Gasteiger partial charge is 0.503 e. The molecule has 0 fully saturated rings. The molecule has 0 radical (unpaired) electrons. The van der Waals surface area contributed by atoms with Gasteiger partial charge in [0, 0.05) is 35.6 Å². The van der Waals surface area contributed by atoms with Gasteiger partial charge in [-0.3, -0.25) is 9.59 Å². The Labute approximate surface area is 188 Å². The molecule has 6 nitrogen and oxygen atoms in total. The van der Waals surface area contributed by atoms with Crippen LogP contribution in [0.4, 0.5) is 0 Å². The number of carbonyl (C=O) groups excluding carboxylic acids is 2. The maximum absolute atomic E-state index is 13.3. The Kier molecular flexibility index (Phi) is 6.42. The molecule has 2 heterocycles.